The molecule has 82 valence electrons. The first-order chi connectivity index (χ1) is 7.15. The molecule has 0 fully saturated rings. The van der Waals surface area contributed by atoms with Crippen LogP contribution in [-0.2, 0) is 4.74 Å². The number of hydrogen-bond acceptors (Lipinski definition) is 5. The minimum atomic E-state index is -0.572. The number of aromatic nitrogens is 1. The Kier molecular flexibility index (Phi) is 4.26. The zero-order valence-corrected chi connectivity index (χ0v) is 8.73. The predicted octanol–water partition coefficient (Wildman–Crippen LogP) is 1.67. The molecule has 0 radical (unpaired) electrons. The second-order valence-electron chi connectivity index (χ2n) is 2.58. The molecule has 1 aromatic heterocycles. The second kappa shape index (κ2) is 5.47. The van der Waals surface area contributed by atoms with Crippen LogP contribution in [0.3, 0.4) is 0 Å². The summed E-state index contributed by atoms with van der Waals surface area (Å²) in [5.41, 5.74) is -0.168. The van der Waals surface area contributed by atoms with Crippen LogP contribution in [0.4, 0.5) is 5.69 Å². The van der Waals surface area contributed by atoms with Gasteiger partial charge in [0.05, 0.1) is 11.5 Å². The molecule has 0 unspecified atom stereocenters. The number of pyridine rings is 1. The fourth-order valence-electron chi connectivity index (χ4n) is 0.843. The number of nitro groups is 1. The van der Waals surface area contributed by atoms with Crippen molar-refractivity contribution in [3.8, 4) is 5.88 Å². The van der Waals surface area contributed by atoms with Crippen LogP contribution in [0.2, 0.25) is 5.02 Å². The highest BCUT2D eigenvalue weighted by molar-refractivity contribution is 6.32. The van der Waals surface area contributed by atoms with E-state index in [9.17, 15) is 10.1 Å². The number of rotatable bonds is 5. The SMILES string of the molecule is COCCOc1ncc([N+](=O)[O-])cc1Cl. The fraction of sp³-hybridized carbons (Fsp3) is 0.375. The van der Waals surface area contributed by atoms with E-state index in [4.69, 9.17) is 21.1 Å². The van der Waals surface area contributed by atoms with E-state index in [0.717, 1.165) is 6.20 Å². The monoisotopic (exact) mass is 232 g/mol. The van der Waals surface area contributed by atoms with Crippen LogP contribution in [0.5, 0.6) is 5.88 Å². The van der Waals surface area contributed by atoms with Crippen LogP contribution in [0, 0.1) is 10.1 Å². The van der Waals surface area contributed by atoms with Crippen LogP contribution in [0.15, 0.2) is 12.3 Å². The van der Waals surface area contributed by atoms with Gasteiger partial charge in [0, 0.05) is 13.2 Å². The van der Waals surface area contributed by atoms with Gasteiger partial charge >= 0.3 is 0 Å². The highest BCUT2D eigenvalue weighted by atomic mass is 35.5. The van der Waals surface area contributed by atoms with Crippen molar-refractivity contribution >= 4 is 17.3 Å². The summed E-state index contributed by atoms with van der Waals surface area (Å²) < 4.78 is 9.88. The number of ether oxygens (including phenoxy) is 2. The molecule has 0 amide bonds. The Labute approximate surface area is 90.9 Å². The zero-order chi connectivity index (χ0) is 11.3. The van der Waals surface area contributed by atoms with E-state index in [2.05, 4.69) is 4.98 Å². The maximum absolute atomic E-state index is 10.4. The van der Waals surface area contributed by atoms with Gasteiger partial charge in [-0.1, -0.05) is 11.6 Å². The lowest BCUT2D eigenvalue weighted by molar-refractivity contribution is -0.385. The smallest absolute Gasteiger partial charge is 0.289 e. The minimum absolute atomic E-state index is 0.111. The molecule has 0 aliphatic heterocycles. The number of halogens is 1. The molecule has 0 N–H and O–H groups in total. The quantitative estimate of drug-likeness (QED) is 0.439. The molecule has 6 nitrogen and oxygen atoms in total. The van der Waals surface area contributed by atoms with E-state index in [1.807, 2.05) is 0 Å². The standard InChI is InChI=1S/C8H9ClN2O4/c1-14-2-3-15-8-7(9)4-6(5-10-8)11(12)13/h4-5H,2-3H2,1H3. The third-order valence-electron chi connectivity index (χ3n) is 1.53. The molecule has 1 heterocycles. The van der Waals surface area contributed by atoms with Crippen LogP contribution in [0.25, 0.3) is 0 Å². The predicted molar refractivity (Wildman–Crippen MR) is 53.3 cm³/mol. The summed E-state index contributed by atoms with van der Waals surface area (Å²) in [5, 5.41) is 10.5. The highest BCUT2D eigenvalue weighted by Gasteiger charge is 2.11. The molecule has 1 rings (SSSR count). The Morgan fingerprint density at radius 1 is 1.60 bits per heavy atom. The number of hydrogen-bond donors (Lipinski definition) is 0. The fourth-order valence-corrected chi connectivity index (χ4v) is 1.06. The van der Waals surface area contributed by atoms with E-state index < -0.39 is 4.92 Å². The summed E-state index contributed by atoms with van der Waals surface area (Å²) in [5.74, 6) is 0.166. The first-order valence-electron chi connectivity index (χ1n) is 4.07. The van der Waals surface area contributed by atoms with E-state index in [0.29, 0.717) is 13.2 Å². The Bertz CT molecular complexity index is 358. The van der Waals surface area contributed by atoms with Crippen LogP contribution in [0.1, 0.15) is 0 Å². The Hall–Kier alpha value is -1.40. The maximum atomic E-state index is 10.4. The summed E-state index contributed by atoms with van der Waals surface area (Å²) in [6.07, 6.45) is 1.09. The van der Waals surface area contributed by atoms with Gasteiger partial charge in [-0.2, -0.15) is 0 Å². The second-order valence-corrected chi connectivity index (χ2v) is 2.99. The average molecular weight is 233 g/mol. The average Bonchev–Trinajstić information content (AvgIpc) is 2.20. The summed E-state index contributed by atoms with van der Waals surface area (Å²) in [6, 6.07) is 1.19. The van der Waals surface area contributed by atoms with E-state index in [-0.39, 0.29) is 16.6 Å². The van der Waals surface area contributed by atoms with Crippen molar-refractivity contribution in [3.63, 3.8) is 0 Å². The van der Waals surface area contributed by atoms with Crippen molar-refractivity contribution in [2.45, 2.75) is 0 Å². The highest BCUT2D eigenvalue weighted by Crippen LogP contribution is 2.25. The van der Waals surface area contributed by atoms with Crippen molar-refractivity contribution < 1.29 is 14.4 Å². The van der Waals surface area contributed by atoms with E-state index >= 15 is 0 Å². The summed E-state index contributed by atoms with van der Waals surface area (Å²) in [7, 11) is 1.54. The summed E-state index contributed by atoms with van der Waals surface area (Å²) >= 11 is 5.72. The van der Waals surface area contributed by atoms with Crippen LogP contribution >= 0.6 is 11.6 Å². The molecule has 7 heteroatoms. The maximum Gasteiger partial charge on any atom is 0.289 e. The largest absolute Gasteiger partial charge is 0.474 e. The minimum Gasteiger partial charge on any atom is -0.474 e. The van der Waals surface area contributed by atoms with Crippen molar-refractivity contribution in [2.24, 2.45) is 0 Å². The van der Waals surface area contributed by atoms with Gasteiger partial charge in [-0.25, -0.2) is 4.98 Å². The number of methoxy groups -OCH3 is 1. The first-order valence-corrected chi connectivity index (χ1v) is 4.44. The third kappa shape index (κ3) is 3.34. The molecule has 1 aromatic rings. The Morgan fingerprint density at radius 3 is 2.87 bits per heavy atom. The Balaban J connectivity index is 2.70. The molecule has 0 saturated carbocycles. The van der Waals surface area contributed by atoms with E-state index in [1.165, 1.54) is 13.2 Å². The lowest BCUT2D eigenvalue weighted by Crippen LogP contribution is -2.05. The van der Waals surface area contributed by atoms with Gasteiger partial charge in [0.2, 0.25) is 5.88 Å². The van der Waals surface area contributed by atoms with Gasteiger partial charge in [-0.3, -0.25) is 10.1 Å². The van der Waals surface area contributed by atoms with Crippen LogP contribution < -0.4 is 4.74 Å². The lowest BCUT2D eigenvalue weighted by Gasteiger charge is -2.05. The van der Waals surface area contributed by atoms with Crippen molar-refractivity contribution in [3.05, 3.63) is 27.4 Å². The first kappa shape index (κ1) is 11.7. The van der Waals surface area contributed by atoms with Gasteiger partial charge in [0.1, 0.15) is 17.8 Å². The molecule has 0 bridgehead atoms. The van der Waals surface area contributed by atoms with Gasteiger partial charge in [0.15, 0.2) is 0 Å². The molecule has 0 aromatic carbocycles. The topological polar surface area (TPSA) is 74.5 Å². The molecular formula is C8H9ClN2O4. The zero-order valence-electron chi connectivity index (χ0n) is 7.97. The van der Waals surface area contributed by atoms with Gasteiger partial charge < -0.3 is 9.47 Å². The molecule has 0 atom stereocenters. The third-order valence-corrected chi connectivity index (χ3v) is 1.80. The lowest BCUT2D eigenvalue weighted by atomic mass is 10.4. The van der Waals surface area contributed by atoms with Crippen molar-refractivity contribution in [1.82, 2.24) is 4.98 Å². The van der Waals surface area contributed by atoms with E-state index in [1.54, 1.807) is 0 Å². The molecular weight excluding hydrogens is 224 g/mol. The number of nitrogens with zero attached hydrogens (tertiary/aromatic N) is 2. The van der Waals surface area contributed by atoms with Crippen molar-refractivity contribution in [2.75, 3.05) is 20.3 Å². The normalized spacial score (nSPS) is 10.0. The van der Waals surface area contributed by atoms with Crippen molar-refractivity contribution in [1.29, 1.82) is 0 Å². The van der Waals surface area contributed by atoms with Crippen LogP contribution in [-0.4, -0.2) is 30.2 Å². The summed E-state index contributed by atoms with van der Waals surface area (Å²) in [6.45, 7) is 0.691. The molecule has 0 aliphatic carbocycles. The van der Waals surface area contributed by atoms with Gasteiger partial charge in [-0.15, -0.1) is 0 Å². The molecule has 15 heavy (non-hydrogen) atoms. The summed E-state index contributed by atoms with van der Waals surface area (Å²) in [4.78, 5) is 13.5. The van der Waals surface area contributed by atoms with Gasteiger partial charge in [-0.05, 0) is 0 Å². The molecule has 0 spiro atoms. The Morgan fingerprint density at radius 2 is 2.33 bits per heavy atom. The van der Waals surface area contributed by atoms with Gasteiger partial charge in [0.25, 0.3) is 5.69 Å². The molecule has 0 aliphatic rings. The molecule has 0 saturated heterocycles.